The maximum atomic E-state index is 8.36. The molecule has 0 unspecified atom stereocenters. The Morgan fingerprint density at radius 3 is 0.818 bits per heavy atom. The summed E-state index contributed by atoms with van der Waals surface area (Å²) in [4.78, 5) is 20.0. The molecular formula is C33H64N5OSi4Ta-5. The summed E-state index contributed by atoms with van der Waals surface area (Å²) in [6, 6.07) is 17.3. The summed E-state index contributed by atoms with van der Waals surface area (Å²) >= 11 is 0.194. The molecule has 0 heterocycles. The van der Waals surface area contributed by atoms with Crippen LogP contribution in [0.2, 0.25) is 78.6 Å². The maximum absolute atomic E-state index is 8.36. The van der Waals surface area contributed by atoms with Crippen molar-refractivity contribution in [3.8, 4) is 0 Å². The first-order chi connectivity index (χ1) is 19.7. The average molecular weight is 840 g/mol. The summed E-state index contributed by atoms with van der Waals surface area (Å²) in [7, 11) is -4.02. The summed E-state index contributed by atoms with van der Waals surface area (Å²) in [5, 5.41) is 4.02. The van der Waals surface area contributed by atoms with Crippen LogP contribution in [0.5, 0.6) is 0 Å². The molecule has 0 radical (unpaired) electrons. The summed E-state index contributed by atoms with van der Waals surface area (Å²) in [5.74, 6) is 0. The Labute approximate surface area is 289 Å². The van der Waals surface area contributed by atoms with Crippen LogP contribution in [0.4, 0.5) is 0 Å². The van der Waals surface area contributed by atoms with Crippen LogP contribution in [0, 0.1) is 13.8 Å². The molecule has 11 heteroatoms. The SMILES string of the molecule is C[N-]C(C)(C)C.Cc1ccc(C([N-][Si](C)(C)C)[N-][Si](C)(C)C)cc1.Cc1ccc(C([N-][Si](C)(C)C)[N-][Si](C)(C)C)cc1.[O]=[Ta]. The van der Waals surface area contributed by atoms with Crippen molar-refractivity contribution >= 4 is 32.9 Å². The molecule has 0 atom stereocenters. The van der Waals surface area contributed by atoms with Gasteiger partial charge in [0, 0.05) is 0 Å². The van der Waals surface area contributed by atoms with Gasteiger partial charge < -0.3 is 25.2 Å². The van der Waals surface area contributed by atoms with Gasteiger partial charge in [-0.15, -0.1) is 5.54 Å². The predicted molar refractivity (Wildman–Crippen MR) is 204 cm³/mol. The predicted octanol–water partition coefficient (Wildman–Crippen LogP) is 12.5. The molecular weight excluding hydrogens is 776 g/mol. The number of hydrogen-bond acceptors (Lipinski definition) is 1. The Bertz CT molecular complexity index is 928. The van der Waals surface area contributed by atoms with E-state index in [1.165, 1.54) is 22.3 Å². The van der Waals surface area contributed by atoms with Gasteiger partial charge in [-0.05, 0) is 13.8 Å². The fraction of sp³-hybridized carbons (Fsp3) is 0.636. The van der Waals surface area contributed by atoms with Gasteiger partial charge in [0.2, 0.25) is 0 Å². The van der Waals surface area contributed by atoms with Crippen molar-refractivity contribution in [3.63, 3.8) is 0 Å². The number of benzene rings is 2. The average Bonchev–Trinajstić information content (AvgIpc) is 2.82. The number of rotatable bonds is 10. The first-order valence-corrected chi connectivity index (χ1v) is 30.6. The second kappa shape index (κ2) is 20.1. The van der Waals surface area contributed by atoms with Crippen LogP contribution < -0.4 is 0 Å². The van der Waals surface area contributed by atoms with Crippen molar-refractivity contribution < 1.29 is 24.3 Å². The summed E-state index contributed by atoms with van der Waals surface area (Å²) in [6.45, 7) is 37.7. The molecule has 253 valence electrons. The quantitative estimate of drug-likeness (QED) is 0.219. The Kier molecular flexibility index (Phi) is 20.9. The molecule has 2 aromatic carbocycles. The molecule has 0 aliphatic carbocycles. The third-order valence-corrected chi connectivity index (χ3v) is 9.54. The van der Waals surface area contributed by atoms with Crippen LogP contribution in [0.3, 0.4) is 0 Å². The van der Waals surface area contributed by atoms with E-state index in [1.807, 2.05) is 7.05 Å². The van der Waals surface area contributed by atoms with Crippen molar-refractivity contribution in [2.24, 2.45) is 0 Å². The second-order valence-electron chi connectivity index (χ2n) is 16.2. The molecule has 44 heavy (non-hydrogen) atoms. The van der Waals surface area contributed by atoms with Crippen LogP contribution in [0.25, 0.3) is 25.2 Å². The van der Waals surface area contributed by atoms with Gasteiger partial charge in [-0.2, -0.15) is 7.05 Å². The molecule has 0 bridgehead atoms. The Morgan fingerprint density at radius 2 is 0.682 bits per heavy atom. The molecule has 0 aliphatic rings. The van der Waals surface area contributed by atoms with Crippen molar-refractivity contribution in [1.82, 2.24) is 0 Å². The van der Waals surface area contributed by atoms with Crippen molar-refractivity contribution in [2.45, 2.75) is 131 Å². The van der Waals surface area contributed by atoms with Gasteiger partial charge in [0.1, 0.15) is 0 Å². The zero-order chi connectivity index (χ0) is 35.2. The molecule has 0 amide bonds. The van der Waals surface area contributed by atoms with E-state index in [0.717, 1.165) is 0 Å². The fourth-order valence-corrected chi connectivity index (χ4v) is 7.29. The van der Waals surface area contributed by atoms with Gasteiger partial charge >= 0.3 is 24.3 Å². The number of aryl methyl sites for hydroxylation is 2. The Morgan fingerprint density at radius 1 is 0.500 bits per heavy atom. The van der Waals surface area contributed by atoms with Crippen molar-refractivity contribution in [3.05, 3.63) is 96.0 Å². The van der Waals surface area contributed by atoms with Gasteiger partial charge in [0.25, 0.3) is 0 Å². The molecule has 0 N–H and O–H groups in total. The third kappa shape index (κ3) is 26.8. The first-order valence-electron chi connectivity index (χ1n) is 15.5. The van der Waals surface area contributed by atoms with E-state index in [4.69, 9.17) is 23.2 Å². The number of hydrogen-bond donors (Lipinski definition) is 0. The molecule has 0 fully saturated rings. The zero-order valence-corrected chi connectivity index (χ0v) is 38.6. The Balaban J connectivity index is 0. The van der Waals surface area contributed by atoms with Gasteiger partial charge in [0.15, 0.2) is 0 Å². The standard InChI is InChI=1S/2C14H26N2Si2.C5H12N.O.Ta/c2*1-12-8-10-13(11-9-12)14(15-17(2,3)4)16-18(5,6)7;1-5(2,3)6-4;;/h2*8-11,14H,1-7H3;1-4H3;;/q2*-2;-1;;. The van der Waals surface area contributed by atoms with Crippen molar-refractivity contribution in [1.29, 1.82) is 0 Å². The van der Waals surface area contributed by atoms with E-state index in [0.29, 0.717) is 0 Å². The monoisotopic (exact) mass is 839 g/mol. The van der Waals surface area contributed by atoms with Crippen LogP contribution in [0.15, 0.2) is 48.5 Å². The molecule has 0 saturated carbocycles. The molecule has 2 aromatic rings. The topological polar surface area (TPSA) is 87.6 Å². The normalized spacial score (nSPS) is 12.4. The molecule has 6 nitrogen and oxygen atoms in total. The number of nitrogens with zero attached hydrogens (tertiary/aromatic N) is 5. The molecule has 0 aromatic heterocycles. The molecule has 0 aliphatic heterocycles. The van der Waals surface area contributed by atoms with E-state index in [-0.39, 0.29) is 38.9 Å². The molecule has 0 saturated heterocycles. The zero-order valence-electron chi connectivity index (χ0n) is 31.4. The summed E-state index contributed by atoms with van der Waals surface area (Å²) in [6.07, 6.45) is 0.0906. The first kappa shape index (κ1) is 45.8. The van der Waals surface area contributed by atoms with Gasteiger partial charge in [-0.3, -0.25) is 0 Å². The van der Waals surface area contributed by atoms with Crippen LogP contribution in [-0.2, 0) is 24.3 Å². The van der Waals surface area contributed by atoms with E-state index in [2.05, 4.69) is 167 Å². The molecule has 0 spiro atoms. The molecule has 2 rings (SSSR count). The van der Waals surface area contributed by atoms with Gasteiger partial charge in [-0.25, -0.2) is 12.3 Å². The van der Waals surface area contributed by atoms with Crippen LogP contribution in [0.1, 0.15) is 55.4 Å². The van der Waals surface area contributed by atoms with Crippen LogP contribution >= 0.6 is 0 Å². The van der Waals surface area contributed by atoms with Gasteiger partial charge in [-0.1, -0.05) is 203 Å². The summed E-state index contributed by atoms with van der Waals surface area (Å²) < 4.78 is 8.36. The summed E-state index contributed by atoms with van der Waals surface area (Å²) in [5.41, 5.74) is 5.23. The Hall–Kier alpha value is -0.352. The second-order valence-corrected chi connectivity index (χ2v) is 34.6. The van der Waals surface area contributed by atoms with E-state index in [1.54, 1.807) is 0 Å². The van der Waals surface area contributed by atoms with Crippen molar-refractivity contribution in [2.75, 3.05) is 7.05 Å². The fourth-order valence-electron chi connectivity index (χ4n) is 3.30. The minimum atomic E-state index is -1.46. The van der Waals surface area contributed by atoms with Crippen LogP contribution in [-0.4, -0.2) is 45.5 Å². The minimum absolute atomic E-state index is 0.0453. The third-order valence-electron chi connectivity index (χ3n) is 5.46. The van der Waals surface area contributed by atoms with E-state index >= 15 is 0 Å². The van der Waals surface area contributed by atoms with E-state index in [9.17, 15) is 0 Å². The van der Waals surface area contributed by atoms with Gasteiger partial charge in [0.05, 0.1) is 0 Å². The van der Waals surface area contributed by atoms with E-state index < -0.39 is 32.9 Å².